The van der Waals surface area contributed by atoms with Crippen molar-refractivity contribution in [3.05, 3.63) is 40.0 Å². The summed E-state index contributed by atoms with van der Waals surface area (Å²) in [5, 5.41) is 8.53. The van der Waals surface area contributed by atoms with Gasteiger partial charge in [-0.15, -0.1) is 0 Å². The second-order valence-electron chi connectivity index (χ2n) is 7.03. The molecule has 8 heteroatoms. The number of aryl methyl sites for hydroxylation is 1. The van der Waals surface area contributed by atoms with E-state index in [4.69, 9.17) is 4.74 Å². The van der Waals surface area contributed by atoms with E-state index in [9.17, 15) is 4.79 Å². The van der Waals surface area contributed by atoms with E-state index < -0.39 is 0 Å². The minimum atomic E-state index is -0.193. The monoisotopic (exact) mass is 405 g/mol. The third-order valence-electron chi connectivity index (χ3n) is 5.39. The topological polar surface area (TPSA) is 68.9 Å². The van der Waals surface area contributed by atoms with Gasteiger partial charge in [0.15, 0.2) is 0 Å². The van der Waals surface area contributed by atoms with Gasteiger partial charge < -0.3 is 10.1 Å². The fourth-order valence-electron chi connectivity index (χ4n) is 4.14. The summed E-state index contributed by atoms with van der Waals surface area (Å²) in [4.78, 5) is 14.9. The zero-order valence-electron chi connectivity index (χ0n) is 13.8. The Balaban J connectivity index is 1.36. The first-order valence-corrected chi connectivity index (χ1v) is 9.35. The van der Waals surface area contributed by atoms with Crippen LogP contribution in [0.3, 0.4) is 0 Å². The first kappa shape index (κ1) is 15.8. The molecule has 132 valence electrons. The van der Waals surface area contributed by atoms with Gasteiger partial charge in [-0.1, -0.05) is 15.9 Å². The van der Waals surface area contributed by atoms with Crippen LogP contribution in [0.1, 0.15) is 12.0 Å². The summed E-state index contributed by atoms with van der Waals surface area (Å²) in [7, 11) is 0. The molecule has 4 heterocycles. The molecule has 7 nitrogen and oxygen atoms in total. The third kappa shape index (κ3) is 2.60. The van der Waals surface area contributed by atoms with E-state index in [0.29, 0.717) is 17.7 Å². The van der Waals surface area contributed by atoms with Gasteiger partial charge >= 0.3 is 0 Å². The van der Waals surface area contributed by atoms with Gasteiger partial charge in [0.2, 0.25) is 0 Å². The predicted octanol–water partition coefficient (Wildman–Crippen LogP) is 0.768. The van der Waals surface area contributed by atoms with Crippen molar-refractivity contribution in [2.24, 2.45) is 0 Å². The summed E-state index contributed by atoms with van der Waals surface area (Å²) in [6.07, 6.45) is 2.88. The van der Waals surface area contributed by atoms with Gasteiger partial charge in [-0.2, -0.15) is 0 Å². The predicted molar refractivity (Wildman–Crippen MR) is 96.3 cm³/mol. The Morgan fingerprint density at radius 2 is 2.24 bits per heavy atom. The minimum absolute atomic E-state index is 0.0257. The van der Waals surface area contributed by atoms with E-state index in [0.717, 1.165) is 35.3 Å². The largest absolute Gasteiger partial charge is 0.375 e. The van der Waals surface area contributed by atoms with E-state index in [1.165, 1.54) is 0 Å². The number of morpholine rings is 1. The van der Waals surface area contributed by atoms with Gasteiger partial charge in [0.05, 0.1) is 24.0 Å². The standard InChI is InChI=1S/C17H20BrN5O2/c1-9-4-10(18)2-3-14(9)23-7-13-15(21-23)19-17(20-16(13)24)22-6-12-5-11(22)8-25-12/h2-4,7,11-12,15,17,19,21H,5-6,8H2,1H3,(H,20,24). The van der Waals surface area contributed by atoms with E-state index in [-0.39, 0.29) is 18.4 Å². The number of hydrogen-bond acceptors (Lipinski definition) is 6. The highest BCUT2D eigenvalue weighted by molar-refractivity contribution is 9.10. The molecule has 25 heavy (non-hydrogen) atoms. The quantitative estimate of drug-likeness (QED) is 0.675. The maximum Gasteiger partial charge on any atom is 0.254 e. The van der Waals surface area contributed by atoms with Crippen LogP contribution < -0.4 is 21.1 Å². The van der Waals surface area contributed by atoms with Crippen LogP contribution in [0.15, 0.2) is 34.4 Å². The highest BCUT2D eigenvalue weighted by atomic mass is 79.9. The van der Waals surface area contributed by atoms with Crippen molar-refractivity contribution in [3.8, 4) is 0 Å². The number of rotatable bonds is 2. The Labute approximate surface area is 154 Å². The number of amides is 1. The molecular formula is C17H20BrN5O2. The first-order chi connectivity index (χ1) is 12.1. The summed E-state index contributed by atoms with van der Waals surface area (Å²) in [6, 6.07) is 6.49. The Morgan fingerprint density at radius 1 is 1.36 bits per heavy atom. The maximum absolute atomic E-state index is 12.6. The Morgan fingerprint density at radius 3 is 2.96 bits per heavy atom. The van der Waals surface area contributed by atoms with Gasteiger partial charge in [0.1, 0.15) is 12.5 Å². The lowest BCUT2D eigenvalue weighted by Crippen LogP contribution is -2.68. The van der Waals surface area contributed by atoms with E-state index in [1.807, 2.05) is 23.3 Å². The van der Waals surface area contributed by atoms with Crippen molar-refractivity contribution >= 4 is 27.5 Å². The Kier molecular flexibility index (Phi) is 3.65. The van der Waals surface area contributed by atoms with Crippen molar-refractivity contribution in [1.82, 2.24) is 21.0 Å². The molecule has 0 spiro atoms. The normalized spacial score (nSPS) is 34.2. The summed E-state index contributed by atoms with van der Waals surface area (Å²) in [5.41, 5.74) is 6.26. The number of hydrogen-bond donors (Lipinski definition) is 3. The van der Waals surface area contributed by atoms with Gasteiger partial charge in [0, 0.05) is 23.3 Å². The van der Waals surface area contributed by atoms with Crippen LogP contribution in [-0.4, -0.2) is 48.6 Å². The van der Waals surface area contributed by atoms with Crippen molar-refractivity contribution < 1.29 is 9.53 Å². The molecule has 0 aromatic heterocycles. The Hall–Kier alpha value is -1.45. The van der Waals surface area contributed by atoms with Crippen LogP contribution in [-0.2, 0) is 9.53 Å². The number of ether oxygens (including phenoxy) is 1. The van der Waals surface area contributed by atoms with Crippen LogP contribution in [0.2, 0.25) is 0 Å². The number of hydrazine groups is 1. The number of likely N-dealkylation sites (tertiary alicyclic amines) is 1. The zero-order valence-corrected chi connectivity index (χ0v) is 15.4. The smallest absolute Gasteiger partial charge is 0.254 e. The van der Waals surface area contributed by atoms with E-state index in [2.05, 4.69) is 49.9 Å². The van der Waals surface area contributed by atoms with Gasteiger partial charge in [-0.25, -0.2) is 5.43 Å². The number of fused-ring (bicyclic) bond motifs is 3. The molecule has 0 radical (unpaired) electrons. The van der Waals surface area contributed by atoms with Crippen molar-refractivity contribution in [2.75, 3.05) is 18.2 Å². The minimum Gasteiger partial charge on any atom is -0.375 e. The van der Waals surface area contributed by atoms with Crippen molar-refractivity contribution in [3.63, 3.8) is 0 Å². The maximum atomic E-state index is 12.6. The summed E-state index contributed by atoms with van der Waals surface area (Å²) >= 11 is 3.49. The third-order valence-corrected chi connectivity index (χ3v) is 5.89. The molecule has 3 fully saturated rings. The number of carbonyl (C=O) groups excluding carboxylic acids is 1. The average Bonchev–Trinajstić information content (AvgIpc) is 3.29. The van der Waals surface area contributed by atoms with Crippen LogP contribution in [0.25, 0.3) is 0 Å². The molecule has 0 saturated carbocycles. The molecule has 1 amide bonds. The molecule has 0 aliphatic carbocycles. The number of halogens is 1. The molecule has 1 aromatic carbocycles. The fourth-order valence-corrected chi connectivity index (χ4v) is 4.61. The molecule has 3 saturated heterocycles. The fraction of sp³-hybridized carbons (Fsp3) is 0.471. The highest BCUT2D eigenvalue weighted by Crippen LogP contribution is 2.31. The zero-order chi connectivity index (χ0) is 17.1. The van der Waals surface area contributed by atoms with Crippen molar-refractivity contribution in [1.29, 1.82) is 0 Å². The molecular weight excluding hydrogens is 386 g/mol. The molecule has 4 atom stereocenters. The number of nitrogens with one attached hydrogen (secondary N) is 3. The van der Waals surface area contributed by atoms with E-state index in [1.54, 1.807) is 0 Å². The number of nitrogens with zero attached hydrogens (tertiary/aromatic N) is 2. The van der Waals surface area contributed by atoms with Crippen LogP contribution in [0.5, 0.6) is 0 Å². The lowest BCUT2D eigenvalue weighted by Gasteiger charge is -2.40. The first-order valence-electron chi connectivity index (χ1n) is 8.56. The van der Waals surface area contributed by atoms with Gasteiger partial charge in [0.25, 0.3) is 5.91 Å². The second-order valence-corrected chi connectivity index (χ2v) is 7.95. The highest BCUT2D eigenvalue weighted by Gasteiger charge is 2.46. The lowest BCUT2D eigenvalue weighted by atomic mass is 10.1. The van der Waals surface area contributed by atoms with Gasteiger partial charge in [-0.3, -0.25) is 20.0 Å². The molecule has 5 rings (SSSR count). The number of anilines is 1. The Bertz CT molecular complexity index is 769. The van der Waals surface area contributed by atoms with Crippen LogP contribution in [0.4, 0.5) is 5.69 Å². The van der Waals surface area contributed by atoms with Crippen LogP contribution >= 0.6 is 15.9 Å². The summed E-state index contributed by atoms with van der Waals surface area (Å²) in [5.74, 6) is -0.0257. The van der Waals surface area contributed by atoms with Gasteiger partial charge in [-0.05, 0) is 37.1 Å². The number of carbonyl (C=O) groups is 1. The average molecular weight is 406 g/mol. The molecule has 4 aliphatic rings. The molecule has 4 unspecified atom stereocenters. The molecule has 3 N–H and O–H groups in total. The lowest BCUT2D eigenvalue weighted by molar-refractivity contribution is -0.123. The SMILES string of the molecule is Cc1cc(Br)ccc1N1C=C2C(=O)NC(N3CC4CC3CO4)NC2N1. The van der Waals surface area contributed by atoms with Crippen molar-refractivity contribution in [2.45, 2.75) is 37.9 Å². The molecule has 1 aromatic rings. The van der Waals surface area contributed by atoms with E-state index >= 15 is 0 Å². The summed E-state index contributed by atoms with van der Waals surface area (Å²) < 4.78 is 6.70. The molecule has 2 bridgehead atoms. The second kappa shape index (κ2) is 5.78. The molecule has 4 aliphatic heterocycles. The van der Waals surface area contributed by atoms with Crippen LogP contribution in [0, 0.1) is 6.92 Å². The summed E-state index contributed by atoms with van der Waals surface area (Å²) in [6.45, 7) is 3.67. The number of benzene rings is 1.